The SMILES string of the molecule is CCc1n[nH]cc1Oc1cc(Cl)cc(Cl)c1. The van der Waals surface area contributed by atoms with Gasteiger partial charge in [-0.3, -0.25) is 5.10 Å². The van der Waals surface area contributed by atoms with Crippen molar-refractivity contribution in [1.82, 2.24) is 10.2 Å². The van der Waals surface area contributed by atoms with Gasteiger partial charge in [0.25, 0.3) is 0 Å². The van der Waals surface area contributed by atoms with Crippen LogP contribution in [0.1, 0.15) is 12.6 Å². The second-order valence-electron chi connectivity index (χ2n) is 3.26. The monoisotopic (exact) mass is 256 g/mol. The molecule has 0 radical (unpaired) electrons. The number of benzene rings is 1. The predicted octanol–water partition coefficient (Wildman–Crippen LogP) is 4.07. The molecule has 5 heteroatoms. The Labute approximate surface area is 103 Å². The van der Waals surface area contributed by atoms with Crippen LogP contribution in [0.25, 0.3) is 0 Å². The van der Waals surface area contributed by atoms with Crippen molar-refractivity contribution in [3.63, 3.8) is 0 Å². The molecule has 2 rings (SSSR count). The highest BCUT2D eigenvalue weighted by Gasteiger charge is 2.07. The molecular weight excluding hydrogens is 247 g/mol. The molecule has 0 unspecified atom stereocenters. The lowest BCUT2D eigenvalue weighted by Crippen LogP contribution is -1.88. The van der Waals surface area contributed by atoms with Crippen LogP contribution >= 0.6 is 23.2 Å². The average Bonchev–Trinajstić information content (AvgIpc) is 2.63. The number of aromatic amines is 1. The minimum absolute atomic E-state index is 0.545. The fourth-order valence-electron chi connectivity index (χ4n) is 1.36. The average molecular weight is 257 g/mol. The third kappa shape index (κ3) is 2.49. The molecule has 0 saturated heterocycles. The zero-order valence-electron chi connectivity index (χ0n) is 8.63. The summed E-state index contributed by atoms with van der Waals surface area (Å²) in [5.74, 6) is 1.30. The molecule has 0 amide bonds. The summed E-state index contributed by atoms with van der Waals surface area (Å²) in [5, 5.41) is 7.91. The van der Waals surface area contributed by atoms with E-state index in [-0.39, 0.29) is 0 Å². The second-order valence-corrected chi connectivity index (χ2v) is 4.13. The van der Waals surface area contributed by atoms with E-state index in [1.807, 2.05) is 6.92 Å². The Hall–Kier alpha value is -1.19. The highest BCUT2D eigenvalue weighted by atomic mass is 35.5. The Balaban J connectivity index is 2.26. The first-order valence-electron chi connectivity index (χ1n) is 4.85. The second kappa shape index (κ2) is 4.76. The van der Waals surface area contributed by atoms with Gasteiger partial charge in [0.1, 0.15) is 11.4 Å². The van der Waals surface area contributed by atoms with Crippen LogP contribution in [0.4, 0.5) is 0 Å². The molecule has 1 aromatic heterocycles. The molecule has 0 saturated carbocycles. The minimum Gasteiger partial charge on any atom is -0.454 e. The van der Waals surface area contributed by atoms with Gasteiger partial charge in [-0.05, 0) is 24.6 Å². The summed E-state index contributed by atoms with van der Waals surface area (Å²) in [6.07, 6.45) is 2.50. The number of ether oxygens (including phenoxy) is 1. The van der Waals surface area contributed by atoms with E-state index >= 15 is 0 Å². The number of halogens is 2. The van der Waals surface area contributed by atoms with E-state index in [9.17, 15) is 0 Å². The Kier molecular flexibility index (Phi) is 3.36. The molecule has 0 aliphatic carbocycles. The Morgan fingerprint density at radius 2 is 1.94 bits per heavy atom. The molecule has 3 nitrogen and oxygen atoms in total. The van der Waals surface area contributed by atoms with Crippen molar-refractivity contribution >= 4 is 23.2 Å². The molecule has 84 valence electrons. The van der Waals surface area contributed by atoms with E-state index in [0.717, 1.165) is 12.1 Å². The minimum atomic E-state index is 0.545. The van der Waals surface area contributed by atoms with Crippen LogP contribution in [0.3, 0.4) is 0 Å². The zero-order valence-corrected chi connectivity index (χ0v) is 10.1. The van der Waals surface area contributed by atoms with Gasteiger partial charge in [-0.2, -0.15) is 5.10 Å². The van der Waals surface area contributed by atoms with Gasteiger partial charge in [0, 0.05) is 10.0 Å². The van der Waals surface area contributed by atoms with Gasteiger partial charge in [0.05, 0.1) is 6.20 Å². The molecule has 1 heterocycles. The van der Waals surface area contributed by atoms with Crippen LogP contribution in [-0.4, -0.2) is 10.2 Å². The van der Waals surface area contributed by atoms with Gasteiger partial charge >= 0.3 is 0 Å². The number of rotatable bonds is 3. The predicted molar refractivity (Wildman–Crippen MR) is 64.5 cm³/mol. The van der Waals surface area contributed by atoms with Crippen molar-refractivity contribution < 1.29 is 4.74 Å². The topological polar surface area (TPSA) is 37.9 Å². The summed E-state index contributed by atoms with van der Waals surface area (Å²) in [4.78, 5) is 0. The van der Waals surface area contributed by atoms with E-state index in [0.29, 0.717) is 21.5 Å². The molecule has 0 spiro atoms. The standard InChI is InChI=1S/C11H10Cl2N2O/c1-2-10-11(6-14-15-10)16-9-4-7(12)3-8(13)5-9/h3-6H,2H2,1H3,(H,14,15). The van der Waals surface area contributed by atoms with E-state index in [2.05, 4.69) is 10.2 Å². The van der Waals surface area contributed by atoms with E-state index in [1.54, 1.807) is 24.4 Å². The number of hydrogen-bond acceptors (Lipinski definition) is 2. The van der Waals surface area contributed by atoms with Crippen molar-refractivity contribution in [2.45, 2.75) is 13.3 Å². The van der Waals surface area contributed by atoms with Gasteiger partial charge in [-0.1, -0.05) is 30.1 Å². The lowest BCUT2D eigenvalue weighted by Gasteiger charge is -2.05. The van der Waals surface area contributed by atoms with Crippen LogP contribution in [0.15, 0.2) is 24.4 Å². The maximum Gasteiger partial charge on any atom is 0.168 e. The molecule has 1 aromatic carbocycles. The van der Waals surface area contributed by atoms with Crippen LogP contribution in [0, 0.1) is 0 Å². The fourth-order valence-corrected chi connectivity index (χ4v) is 1.87. The van der Waals surface area contributed by atoms with Crippen LogP contribution < -0.4 is 4.74 Å². The first-order valence-corrected chi connectivity index (χ1v) is 5.61. The third-order valence-corrected chi connectivity index (χ3v) is 2.51. The zero-order chi connectivity index (χ0) is 11.5. The number of hydrogen-bond donors (Lipinski definition) is 1. The lowest BCUT2D eigenvalue weighted by molar-refractivity contribution is 0.477. The highest BCUT2D eigenvalue weighted by Crippen LogP contribution is 2.29. The Bertz CT molecular complexity index is 476. The molecule has 2 aromatic rings. The normalized spacial score (nSPS) is 10.4. The third-order valence-electron chi connectivity index (χ3n) is 2.08. The van der Waals surface area contributed by atoms with E-state index < -0.39 is 0 Å². The molecule has 0 bridgehead atoms. The number of nitrogens with one attached hydrogen (secondary N) is 1. The molecule has 0 aliphatic heterocycles. The summed E-state index contributed by atoms with van der Waals surface area (Å²) >= 11 is 11.8. The first kappa shape index (κ1) is 11.3. The number of aromatic nitrogens is 2. The van der Waals surface area contributed by atoms with Crippen molar-refractivity contribution in [3.8, 4) is 11.5 Å². The number of aryl methyl sites for hydroxylation is 1. The van der Waals surface area contributed by atoms with E-state index in [1.165, 1.54) is 0 Å². The van der Waals surface area contributed by atoms with E-state index in [4.69, 9.17) is 27.9 Å². The summed E-state index contributed by atoms with van der Waals surface area (Å²) in [6.45, 7) is 2.01. The molecule has 16 heavy (non-hydrogen) atoms. The quantitative estimate of drug-likeness (QED) is 0.899. The summed E-state index contributed by atoms with van der Waals surface area (Å²) < 4.78 is 5.64. The summed E-state index contributed by atoms with van der Waals surface area (Å²) in [7, 11) is 0. The summed E-state index contributed by atoms with van der Waals surface area (Å²) in [5.41, 5.74) is 0.871. The van der Waals surface area contributed by atoms with Gasteiger partial charge in [-0.15, -0.1) is 0 Å². The maximum atomic E-state index is 5.88. The largest absolute Gasteiger partial charge is 0.454 e. The lowest BCUT2D eigenvalue weighted by atomic mass is 10.3. The fraction of sp³-hybridized carbons (Fsp3) is 0.182. The maximum absolute atomic E-state index is 5.88. The highest BCUT2D eigenvalue weighted by molar-refractivity contribution is 6.34. The Morgan fingerprint density at radius 1 is 1.25 bits per heavy atom. The molecular formula is C11H10Cl2N2O. The first-order chi connectivity index (χ1) is 7.69. The van der Waals surface area contributed by atoms with Gasteiger partial charge in [0.2, 0.25) is 0 Å². The smallest absolute Gasteiger partial charge is 0.168 e. The van der Waals surface area contributed by atoms with Gasteiger partial charge in [-0.25, -0.2) is 0 Å². The number of nitrogens with zero attached hydrogens (tertiary/aromatic N) is 1. The summed E-state index contributed by atoms with van der Waals surface area (Å²) in [6, 6.07) is 5.08. The van der Waals surface area contributed by atoms with Crippen molar-refractivity contribution in [3.05, 3.63) is 40.1 Å². The van der Waals surface area contributed by atoms with Crippen LogP contribution in [-0.2, 0) is 6.42 Å². The van der Waals surface area contributed by atoms with Gasteiger partial charge < -0.3 is 4.74 Å². The molecule has 1 N–H and O–H groups in total. The molecule has 0 fully saturated rings. The van der Waals surface area contributed by atoms with Gasteiger partial charge in [0.15, 0.2) is 5.75 Å². The van der Waals surface area contributed by atoms with Crippen molar-refractivity contribution in [2.75, 3.05) is 0 Å². The van der Waals surface area contributed by atoms with Crippen LogP contribution in [0.5, 0.6) is 11.5 Å². The molecule has 0 atom stereocenters. The van der Waals surface area contributed by atoms with Crippen molar-refractivity contribution in [1.29, 1.82) is 0 Å². The molecule has 0 aliphatic rings. The van der Waals surface area contributed by atoms with Crippen molar-refractivity contribution in [2.24, 2.45) is 0 Å². The Morgan fingerprint density at radius 3 is 2.56 bits per heavy atom. The number of H-pyrrole nitrogens is 1. The van der Waals surface area contributed by atoms with Crippen LogP contribution in [0.2, 0.25) is 10.0 Å².